The van der Waals surface area contributed by atoms with Crippen LogP contribution in [0.3, 0.4) is 0 Å². The minimum absolute atomic E-state index is 0.0265. The summed E-state index contributed by atoms with van der Waals surface area (Å²) in [5, 5.41) is 0. The van der Waals surface area contributed by atoms with Crippen molar-refractivity contribution >= 4 is 32.3 Å². The summed E-state index contributed by atoms with van der Waals surface area (Å²) >= 11 is 1.63. The first-order chi connectivity index (χ1) is 3.63. The van der Waals surface area contributed by atoms with Gasteiger partial charge in [0.05, 0.1) is 0 Å². The second-order valence-corrected chi connectivity index (χ2v) is 2.52. The van der Waals surface area contributed by atoms with E-state index in [4.69, 9.17) is 5.73 Å². The number of hydrogen-bond acceptors (Lipinski definition) is 2. The van der Waals surface area contributed by atoms with E-state index < -0.39 is 5.91 Å². The quantitative estimate of drug-likeness (QED) is 0.553. The number of hydrogen-bond donors (Lipinski definition) is 1. The summed E-state index contributed by atoms with van der Waals surface area (Å²) < 4.78 is -0.0265. The molecule has 0 bridgehead atoms. The SMILES string of the molecule is NC(=O)CCC(=O)I. The van der Waals surface area contributed by atoms with Crippen LogP contribution < -0.4 is 5.73 Å². The van der Waals surface area contributed by atoms with Gasteiger partial charge in [-0.25, -0.2) is 0 Å². The zero-order valence-corrected chi connectivity index (χ0v) is 6.34. The van der Waals surface area contributed by atoms with Crippen molar-refractivity contribution in [2.45, 2.75) is 12.8 Å². The van der Waals surface area contributed by atoms with Crippen molar-refractivity contribution in [1.29, 1.82) is 0 Å². The molecule has 0 saturated heterocycles. The highest BCUT2D eigenvalue weighted by Gasteiger charge is 1.97. The van der Waals surface area contributed by atoms with Crippen LogP contribution in [-0.4, -0.2) is 9.70 Å². The van der Waals surface area contributed by atoms with Gasteiger partial charge in [0.1, 0.15) is 0 Å². The number of rotatable bonds is 3. The van der Waals surface area contributed by atoms with Crippen LogP contribution in [0.15, 0.2) is 0 Å². The maximum Gasteiger partial charge on any atom is 0.217 e. The van der Waals surface area contributed by atoms with E-state index in [-0.39, 0.29) is 16.6 Å². The molecule has 3 nitrogen and oxygen atoms in total. The summed E-state index contributed by atoms with van der Waals surface area (Å²) in [6.07, 6.45) is 0.428. The van der Waals surface area contributed by atoms with Crippen molar-refractivity contribution in [2.75, 3.05) is 0 Å². The molecule has 0 aromatic heterocycles. The first kappa shape index (κ1) is 7.87. The lowest BCUT2D eigenvalue weighted by atomic mass is 10.3. The second-order valence-electron chi connectivity index (χ2n) is 1.32. The van der Waals surface area contributed by atoms with E-state index in [1.807, 2.05) is 0 Å². The minimum Gasteiger partial charge on any atom is -0.370 e. The number of carbonyl (C=O) groups is 2. The Balaban J connectivity index is 3.18. The van der Waals surface area contributed by atoms with Crippen molar-refractivity contribution in [2.24, 2.45) is 5.73 Å². The smallest absolute Gasteiger partial charge is 0.217 e. The molecule has 0 aromatic carbocycles. The van der Waals surface area contributed by atoms with Crippen molar-refractivity contribution in [3.8, 4) is 0 Å². The molecule has 46 valence electrons. The normalized spacial score (nSPS) is 8.62. The van der Waals surface area contributed by atoms with Gasteiger partial charge in [0, 0.05) is 12.8 Å². The third-order valence-electron chi connectivity index (χ3n) is 0.568. The Morgan fingerprint density at radius 2 is 1.88 bits per heavy atom. The van der Waals surface area contributed by atoms with Gasteiger partial charge in [0.15, 0.2) is 3.79 Å². The maximum atomic E-state index is 10.1. The Hall–Kier alpha value is -0.130. The van der Waals surface area contributed by atoms with Crippen molar-refractivity contribution < 1.29 is 9.59 Å². The fraction of sp³-hybridized carbons (Fsp3) is 0.500. The molecule has 0 fully saturated rings. The number of halogens is 1. The van der Waals surface area contributed by atoms with Crippen LogP contribution in [-0.2, 0) is 9.59 Å². The van der Waals surface area contributed by atoms with Crippen molar-refractivity contribution in [3.05, 3.63) is 0 Å². The van der Waals surface area contributed by atoms with Crippen molar-refractivity contribution in [1.82, 2.24) is 0 Å². The topological polar surface area (TPSA) is 60.2 Å². The van der Waals surface area contributed by atoms with E-state index in [0.717, 1.165) is 0 Å². The van der Waals surface area contributed by atoms with Crippen molar-refractivity contribution in [3.63, 3.8) is 0 Å². The molecular formula is C4H6INO2. The summed E-state index contributed by atoms with van der Waals surface area (Å²) in [6.45, 7) is 0. The average Bonchev–Trinajstić information content (AvgIpc) is 1.61. The highest BCUT2D eigenvalue weighted by atomic mass is 127. The summed E-state index contributed by atoms with van der Waals surface area (Å²) in [5.74, 6) is -0.421. The molecule has 0 aliphatic rings. The molecule has 4 heteroatoms. The largest absolute Gasteiger partial charge is 0.370 e. The minimum atomic E-state index is -0.421. The van der Waals surface area contributed by atoms with Gasteiger partial charge in [-0.3, -0.25) is 9.59 Å². The Bertz CT molecular complexity index is 98.6. The van der Waals surface area contributed by atoms with Gasteiger partial charge in [0.2, 0.25) is 5.91 Å². The third-order valence-corrected chi connectivity index (χ3v) is 1.11. The summed E-state index contributed by atoms with van der Waals surface area (Å²) in [6, 6.07) is 0. The lowest BCUT2D eigenvalue weighted by Gasteiger charge is -1.85. The lowest BCUT2D eigenvalue weighted by molar-refractivity contribution is -0.120. The maximum absolute atomic E-state index is 10.1. The molecule has 0 aliphatic carbocycles. The fourth-order valence-corrected chi connectivity index (χ4v) is 0.491. The van der Waals surface area contributed by atoms with Gasteiger partial charge in [0.25, 0.3) is 0 Å². The predicted molar refractivity (Wildman–Crippen MR) is 37.5 cm³/mol. The Morgan fingerprint density at radius 3 is 2.00 bits per heavy atom. The molecule has 0 atom stereocenters. The number of amides is 1. The molecule has 0 aliphatic heterocycles. The van der Waals surface area contributed by atoms with Crippen LogP contribution in [0.4, 0.5) is 0 Å². The molecule has 0 heterocycles. The molecule has 8 heavy (non-hydrogen) atoms. The van der Waals surface area contributed by atoms with E-state index in [0.29, 0.717) is 0 Å². The van der Waals surface area contributed by atoms with Gasteiger partial charge < -0.3 is 5.73 Å². The number of carbonyl (C=O) groups excluding carboxylic acids is 2. The molecule has 0 aromatic rings. The van der Waals surface area contributed by atoms with Crippen LogP contribution >= 0.6 is 22.6 Å². The van der Waals surface area contributed by atoms with Crippen LogP contribution in [0.25, 0.3) is 0 Å². The van der Waals surface area contributed by atoms with Gasteiger partial charge >= 0.3 is 0 Å². The van der Waals surface area contributed by atoms with E-state index in [1.165, 1.54) is 0 Å². The van der Waals surface area contributed by atoms with Crippen LogP contribution in [0.5, 0.6) is 0 Å². The predicted octanol–water partition coefficient (Wildman–Crippen LogP) is 0.213. The zero-order chi connectivity index (χ0) is 6.57. The van der Waals surface area contributed by atoms with E-state index in [9.17, 15) is 9.59 Å². The number of primary amides is 1. The van der Waals surface area contributed by atoms with E-state index in [1.54, 1.807) is 22.6 Å². The highest BCUT2D eigenvalue weighted by molar-refractivity contribution is 14.1. The van der Waals surface area contributed by atoms with Crippen LogP contribution in [0, 0.1) is 0 Å². The summed E-state index contributed by atoms with van der Waals surface area (Å²) in [7, 11) is 0. The standard InChI is InChI=1S/C4H6INO2/c5-3(7)1-2-4(6)8/h1-2H2,(H2,6,8). The first-order valence-corrected chi connectivity index (χ1v) is 3.17. The molecule has 0 rings (SSSR count). The van der Waals surface area contributed by atoms with Crippen LogP contribution in [0.1, 0.15) is 12.8 Å². The highest BCUT2D eigenvalue weighted by Crippen LogP contribution is 1.95. The molecule has 0 unspecified atom stereocenters. The monoisotopic (exact) mass is 227 g/mol. The Kier molecular flexibility index (Phi) is 3.76. The average molecular weight is 227 g/mol. The Morgan fingerprint density at radius 1 is 1.38 bits per heavy atom. The lowest BCUT2D eigenvalue weighted by Crippen LogP contribution is -2.10. The fourth-order valence-electron chi connectivity index (χ4n) is 0.221. The van der Waals surface area contributed by atoms with Gasteiger partial charge in [-0.2, -0.15) is 0 Å². The van der Waals surface area contributed by atoms with Gasteiger partial charge in [-0.1, -0.05) is 0 Å². The Labute approximate surface area is 60.8 Å². The summed E-state index contributed by atoms with van der Waals surface area (Å²) in [4.78, 5) is 20.1. The zero-order valence-electron chi connectivity index (χ0n) is 4.19. The first-order valence-electron chi connectivity index (χ1n) is 2.09. The molecule has 0 saturated carbocycles. The summed E-state index contributed by atoms with van der Waals surface area (Å²) in [5.41, 5.74) is 4.75. The van der Waals surface area contributed by atoms with E-state index >= 15 is 0 Å². The molecule has 0 spiro atoms. The molecule has 0 radical (unpaired) electrons. The molecular weight excluding hydrogens is 221 g/mol. The third kappa shape index (κ3) is 5.87. The van der Waals surface area contributed by atoms with Gasteiger partial charge in [-0.05, 0) is 22.6 Å². The molecule has 2 N–H and O–H groups in total. The van der Waals surface area contributed by atoms with Gasteiger partial charge in [-0.15, -0.1) is 0 Å². The number of nitrogens with two attached hydrogens (primary N) is 1. The second kappa shape index (κ2) is 3.82. The van der Waals surface area contributed by atoms with Crippen LogP contribution in [0.2, 0.25) is 0 Å². The van der Waals surface area contributed by atoms with E-state index in [2.05, 4.69) is 0 Å². The molecule has 1 amide bonds.